The molecule has 0 aliphatic carbocycles. The number of likely N-dealkylation sites (tertiary alicyclic amines) is 1. The molecule has 2 aromatic rings. The molecular formula is C17H23FN6O. The number of urea groups is 1. The van der Waals surface area contributed by atoms with Crippen molar-refractivity contribution in [3.05, 3.63) is 41.5 Å². The van der Waals surface area contributed by atoms with Crippen LogP contribution in [-0.4, -0.2) is 44.6 Å². The second-order valence-electron chi connectivity index (χ2n) is 6.28. The number of hydrogen-bond acceptors (Lipinski definition) is 4. The maximum absolute atomic E-state index is 13.6. The summed E-state index contributed by atoms with van der Waals surface area (Å²) in [5.74, 6) is 0.379. The van der Waals surface area contributed by atoms with Crippen LogP contribution in [0.3, 0.4) is 0 Å². The molecule has 0 spiro atoms. The zero-order valence-corrected chi connectivity index (χ0v) is 14.1. The molecule has 2 heterocycles. The van der Waals surface area contributed by atoms with E-state index in [9.17, 15) is 9.18 Å². The first-order valence-electron chi connectivity index (χ1n) is 8.76. The molecule has 25 heavy (non-hydrogen) atoms. The summed E-state index contributed by atoms with van der Waals surface area (Å²) < 4.78 is 13.6. The van der Waals surface area contributed by atoms with Crippen molar-refractivity contribution in [2.24, 2.45) is 0 Å². The van der Waals surface area contributed by atoms with Gasteiger partial charge in [0, 0.05) is 19.5 Å². The number of aryl methyl sites for hydroxylation is 1. The van der Waals surface area contributed by atoms with Gasteiger partial charge in [0.05, 0.1) is 6.04 Å². The van der Waals surface area contributed by atoms with Gasteiger partial charge in [0.25, 0.3) is 0 Å². The van der Waals surface area contributed by atoms with Crippen LogP contribution in [0.1, 0.15) is 49.5 Å². The Balaban J connectivity index is 1.59. The fourth-order valence-electron chi connectivity index (χ4n) is 3.24. The summed E-state index contributed by atoms with van der Waals surface area (Å²) in [6, 6.07) is 6.40. The number of carbonyl (C=O) groups excluding carboxylic acids is 1. The lowest BCUT2D eigenvalue weighted by Crippen LogP contribution is -2.42. The Morgan fingerprint density at radius 2 is 2.28 bits per heavy atom. The number of nitrogens with one attached hydrogen (secondary N) is 2. The number of benzene rings is 1. The van der Waals surface area contributed by atoms with Gasteiger partial charge in [0.2, 0.25) is 0 Å². The normalized spacial score (nSPS) is 18.0. The SMILES string of the molecule is O=C(NCCCc1nn[nH]n1)N1CCCCCC1c1cccc(F)c1. The van der Waals surface area contributed by atoms with Crippen molar-refractivity contribution in [1.29, 1.82) is 0 Å². The molecule has 1 atom stereocenters. The van der Waals surface area contributed by atoms with Crippen molar-refractivity contribution < 1.29 is 9.18 Å². The number of carbonyl (C=O) groups is 1. The predicted molar refractivity (Wildman–Crippen MR) is 90.2 cm³/mol. The Bertz CT molecular complexity index is 678. The van der Waals surface area contributed by atoms with Gasteiger partial charge in [-0.15, -0.1) is 10.2 Å². The Hall–Kier alpha value is -2.51. The van der Waals surface area contributed by atoms with E-state index in [4.69, 9.17) is 0 Å². The van der Waals surface area contributed by atoms with Crippen molar-refractivity contribution in [3.8, 4) is 0 Å². The lowest BCUT2D eigenvalue weighted by atomic mass is 10.0. The molecule has 134 valence electrons. The zero-order valence-electron chi connectivity index (χ0n) is 14.1. The average Bonchev–Trinajstić information content (AvgIpc) is 3.00. The second kappa shape index (κ2) is 8.55. The van der Waals surface area contributed by atoms with E-state index in [-0.39, 0.29) is 17.9 Å². The van der Waals surface area contributed by atoms with Crippen molar-refractivity contribution in [2.75, 3.05) is 13.1 Å². The number of halogens is 1. The first-order valence-corrected chi connectivity index (χ1v) is 8.76. The number of rotatable bonds is 5. The molecule has 1 aliphatic rings. The highest BCUT2D eigenvalue weighted by atomic mass is 19.1. The quantitative estimate of drug-likeness (QED) is 0.815. The van der Waals surface area contributed by atoms with E-state index >= 15 is 0 Å². The molecule has 1 aliphatic heterocycles. The lowest BCUT2D eigenvalue weighted by Gasteiger charge is -2.30. The third-order valence-electron chi connectivity index (χ3n) is 4.49. The summed E-state index contributed by atoms with van der Waals surface area (Å²) >= 11 is 0. The average molecular weight is 346 g/mol. The summed E-state index contributed by atoms with van der Waals surface area (Å²) in [7, 11) is 0. The molecule has 3 rings (SSSR count). The van der Waals surface area contributed by atoms with Crippen LogP contribution in [0.25, 0.3) is 0 Å². The standard InChI is InChI=1S/C17H23FN6O/c18-14-7-4-6-13(12-14)15-8-2-1-3-11-24(15)17(25)19-10-5-9-16-20-22-23-21-16/h4,6-7,12,15H,1-3,5,8-11H2,(H,19,25)(H,20,21,22,23). The summed E-state index contributed by atoms with van der Waals surface area (Å²) in [5, 5.41) is 16.7. The number of tetrazole rings is 1. The van der Waals surface area contributed by atoms with Crippen molar-refractivity contribution in [2.45, 2.75) is 44.6 Å². The fraction of sp³-hybridized carbons (Fsp3) is 0.529. The summed E-state index contributed by atoms with van der Waals surface area (Å²) in [6.07, 6.45) is 5.37. The minimum atomic E-state index is -0.262. The second-order valence-corrected chi connectivity index (χ2v) is 6.28. The zero-order chi connectivity index (χ0) is 17.5. The molecule has 0 saturated carbocycles. The highest BCUT2D eigenvalue weighted by Gasteiger charge is 2.26. The Morgan fingerprint density at radius 3 is 3.08 bits per heavy atom. The van der Waals surface area contributed by atoms with E-state index in [2.05, 4.69) is 25.9 Å². The molecular weight excluding hydrogens is 323 g/mol. The molecule has 1 aromatic heterocycles. The summed E-state index contributed by atoms with van der Waals surface area (Å²) in [5.41, 5.74) is 0.865. The minimum absolute atomic E-state index is 0.0737. The molecule has 1 saturated heterocycles. The molecule has 2 amide bonds. The first-order chi connectivity index (χ1) is 12.2. The molecule has 8 heteroatoms. The fourth-order valence-corrected chi connectivity index (χ4v) is 3.24. The Morgan fingerprint density at radius 1 is 1.36 bits per heavy atom. The number of nitrogens with zero attached hydrogens (tertiary/aromatic N) is 4. The van der Waals surface area contributed by atoms with Crippen LogP contribution in [0.5, 0.6) is 0 Å². The van der Waals surface area contributed by atoms with Crippen LogP contribution in [-0.2, 0) is 6.42 Å². The summed E-state index contributed by atoms with van der Waals surface area (Å²) in [4.78, 5) is 14.5. The number of H-pyrrole nitrogens is 1. The Kier molecular flexibility index (Phi) is 5.92. The maximum Gasteiger partial charge on any atom is 0.317 e. The van der Waals surface area contributed by atoms with Gasteiger partial charge in [-0.2, -0.15) is 5.21 Å². The Labute approximate surface area is 146 Å². The monoisotopic (exact) mass is 346 g/mol. The van der Waals surface area contributed by atoms with E-state index in [1.807, 2.05) is 11.0 Å². The largest absolute Gasteiger partial charge is 0.338 e. The smallest absolute Gasteiger partial charge is 0.317 e. The van der Waals surface area contributed by atoms with Crippen molar-refractivity contribution >= 4 is 6.03 Å². The van der Waals surface area contributed by atoms with Gasteiger partial charge in [-0.3, -0.25) is 0 Å². The number of amides is 2. The predicted octanol–water partition coefficient (Wildman–Crippen LogP) is 2.60. The molecule has 0 radical (unpaired) electrons. The molecule has 7 nitrogen and oxygen atoms in total. The molecule has 1 fully saturated rings. The van der Waals surface area contributed by atoms with Gasteiger partial charge >= 0.3 is 6.03 Å². The van der Waals surface area contributed by atoms with Crippen molar-refractivity contribution in [1.82, 2.24) is 30.8 Å². The third kappa shape index (κ3) is 4.74. The van der Waals surface area contributed by atoms with Crippen molar-refractivity contribution in [3.63, 3.8) is 0 Å². The van der Waals surface area contributed by atoms with Gasteiger partial charge in [-0.25, -0.2) is 9.18 Å². The van der Waals surface area contributed by atoms with E-state index in [1.54, 1.807) is 6.07 Å². The van der Waals surface area contributed by atoms with Crippen LogP contribution in [0.2, 0.25) is 0 Å². The van der Waals surface area contributed by atoms with E-state index in [0.29, 0.717) is 25.3 Å². The van der Waals surface area contributed by atoms with Crippen LogP contribution in [0.4, 0.5) is 9.18 Å². The van der Waals surface area contributed by atoms with Gasteiger partial charge in [-0.05, 0) is 37.0 Å². The lowest BCUT2D eigenvalue weighted by molar-refractivity contribution is 0.175. The van der Waals surface area contributed by atoms with E-state index < -0.39 is 0 Å². The summed E-state index contributed by atoms with van der Waals surface area (Å²) in [6.45, 7) is 1.23. The molecule has 1 aromatic carbocycles. The van der Waals surface area contributed by atoms with E-state index in [0.717, 1.165) is 37.7 Å². The minimum Gasteiger partial charge on any atom is -0.338 e. The molecule has 0 bridgehead atoms. The maximum atomic E-state index is 13.6. The van der Waals surface area contributed by atoms with Crippen LogP contribution in [0.15, 0.2) is 24.3 Å². The van der Waals surface area contributed by atoms with Crippen LogP contribution < -0.4 is 5.32 Å². The third-order valence-corrected chi connectivity index (χ3v) is 4.49. The highest BCUT2D eigenvalue weighted by molar-refractivity contribution is 5.74. The van der Waals surface area contributed by atoms with Crippen LogP contribution in [0, 0.1) is 5.82 Å². The van der Waals surface area contributed by atoms with Gasteiger partial charge in [-0.1, -0.05) is 30.2 Å². The number of aromatic amines is 1. The highest BCUT2D eigenvalue weighted by Crippen LogP contribution is 2.30. The number of hydrogen-bond donors (Lipinski definition) is 2. The van der Waals surface area contributed by atoms with Gasteiger partial charge in [0.1, 0.15) is 5.82 Å². The topological polar surface area (TPSA) is 86.8 Å². The van der Waals surface area contributed by atoms with Gasteiger partial charge < -0.3 is 10.2 Å². The van der Waals surface area contributed by atoms with Crippen LogP contribution >= 0.6 is 0 Å². The van der Waals surface area contributed by atoms with E-state index in [1.165, 1.54) is 12.1 Å². The molecule has 1 unspecified atom stereocenters. The number of aromatic nitrogens is 4. The molecule has 2 N–H and O–H groups in total. The first kappa shape index (κ1) is 17.3. The van der Waals surface area contributed by atoms with Gasteiger partial charge in [0.15, 0.2) is 5.82 Å².